The van der Waals surface area contributed by atoms with Crippen molar-refractivity contribution in [2.24, 2.45) is 18.7 Å². The second-order valence-electron chi connectivity index (χ2n) is 10.1. The SMILES string of the molecule is C[C@H]1CCCN(c2cnc(C(N)=O)c(Nc3cnn(C)c3)n2)[C@H]1CCNC(=O)c1ccc(C2CC2)cc1. The molecule has 1 aliphatic carbocycles. The Kier molecular flexibility index (Phi) is 7.07. The van der Waals surface area contributed by atoms with Gasteiger partial charge in [-0.3, -0.25) is 14.3 Å². The van der Waals surface area contributed by atoms with Crippen LogP contribution in [-0.4, -0.2) is 50.7 Å². The third-order valence-electron chi connectivity index (χ3n) is 7.32. The number of primary amides is 1. The van der Waals surface area contributed by atoms with Crippen LogP contribution in [0.3, 0.4) is 0 Å². The van der Waals surface area contributed by atoms with Crippen molar-refractivity contribution in [3.8, 4) is 0 Å². The summed E-state index contributed by atoms with van der Waals surface area (Å²) in [4.78, 5) is 36.1. The third-order valence-corrected chi connectivity index (χ3v) is 7.32. The minimum Gasteiger partial charge on any atom is -0.364 e. The highest BCUT2D eigenvalue weighted by Gasteiger charge is 2.30. The molecule has 2 atom stereocenters. The van der Waals surface area contributed by atoms with Crippen molar-refractivity contribution in [3.05, 3.63) is 59.7 Å². The largest absolute Gasteiger partial charge is 0.364 e. The molecule has 0 spiro atoms. The fraction of sp³-hybridized carbons (Fsp3) is 0.444. The van der Waals surface area contributed by atoms with Crippen LogP contribution in [0.2, 0.25) is 0 Å². The molecule has 1 aromatic carbocycles. The van der Waals surface area contributed by atoms with Gasteiger partial charge in [-0.05, 0) is 61.6 Å². The molecule has 3 aromatic rings. The number of carbonyl (C=O) groups excluding carboxylic acids is 2. The van der Waals surface area contributed by atoms with E-state index in [1.54, 1.807) is 23.3 Å². The number of carbonyl (C=O) groups is 2. The first-order valence-electron chi connectivity index (χ1n) is 13.0. The number of nitrogens with one attached hydrogen (secondary N) is 2. The van der Waals surface area contributed by atoms with Gasteiger partial charge in [0.15, 0.2) is 11.5 Å². The smallest absolute Gasteiger partial charge is 0.271 e. The van der Waals surface area contributed by atoms with Crippen LogP contribution >= 0.6 is 0 Å². The lowest BCUT2D eigenvalue weighted by Crippen LogP contribution is -2.46. The zero-order valence-electron chi connectivity index (χ0n) is 21.4. The molecule has 194 valence electrons. The quantitative estimate of drug-likeness (QED) is 0.409. The highest BCUT2D eigenvalue weighted by Crippen LogP contribution is 2.39. The Bertz CT molecular complexity index is 1270. The number of amides is 2. The Hall–Kier alpha value is -3.95. The number of nitrogens with zero attached hydrogens (tertiary/aromatic N) is 5. The Morgan fingerprint density at radius 3 is 2.59 bits per heavy atom. The zero-order chi connectivity index (χ0) is 25.9. The summed E-state index contributed by atoms with van der Waals surface area (Å²) < 4.78 is 1.65. The fourth-order valence-electron chi connectivity index (χ4n) is 5.14. The van der Waals surface area contributed by atoms with Crippen molar-refractivity contribution < 1.29 is 9.59 Å². The number of piperidine rings is 1. The van der Waals surface area contributed by atoms with Crippen LogP contribution in [0.15, 0.2) is 42.9 Å². The monoisotopic (exact) mass is 502 g/mol. The molecule has 10 nitrogen and oxygen atoms in total. The molecule has 2 amide bonds. The van der Waals surface area contributed by atoms with Gasteiger partial charge in [0.1, 0.15) is 5.82 Å². The van der Waals surface area contributed by atoms with Crippen molar-refractivity contribution in [3.63, 3.8) is 0 Å². The molecule has 0 bridgehead atoms. The molecular weight excluding hydrogens is 468 g/mol. The van der Waals surface area contributed by atoms with E-state index in [-0.39, 0.29) is 17.6 Å². The van der Waals surface area contributed by atoms with E-state index in [0.29, 0.717) is 41.3 Å². The maximum Gasteiger partial charge on any atom is 0.271 e. The number of anilines is 3. The second kappa shape index (κ2) is 10.6. The van der Waals surface area contributed by atoms with E-state index in [9.17, 15) is 9.59 Å². The highest BCUT2D eigenvalue weighted by molar-refractivity contribution is 5.96. The number of nitrogens with two attached hydrogens (primary N) is 1. The molecule has 1 saturated carbocycles. The van der Waals surface area contributed by atoms with E-state index in [4.69, 9.17) is 10.7 Å². The summed E-state index contributed by atoms with van der Waals surface area (Å²) in [5.41, 5.74) is 8.34. The van der Waals surface area contributed by atoms with Gasteiger partial charge in [0.05, 0.1) is 18.1 Å². The van der Waals surface area contributed by atoms with E-state index >= 15 is 0 Å². The summed E-state index contributed by atoms with van der Waals surface area (Å²) >= 11 is 0. The molecule has 3 heterocycles. The summed E-state index contributed by atoms with van der Waals surface area (Å²) in [5.74, 6) is 1.37. The predicted octanol–water partition coefficient (Wildman–Crippen LogP) is 3.36. The lowest BCUT2D eigenvalue weighted by atomic mass is 9.88. The van der Waals surface area contributed by atoms with Crippen LogP contribution in [0.5, 0.6) is 0 Å². The molecule has 2 fully saturated rings. The van der Waals surface area contributed by atoms with Gasteiger partial charge in [0.25, 0.3) is 11.8 Å². The van der Waals surface area contributed by atoms with Gasteiger partial charge in [-0.15, -0.1) is 0 Å². The molecule has 4 N–H and O–H groups in total. The number of rotatable bonds is 9. The van der Waals surface area contributed by atoms with Crippen LogP contribution in [-0.2, 0) is 7.05 Å². The van der Waals surface area contributed by atoms with Crippen LogP contribution in [0, 0.1) is 5.92 Å². The lowest BCUT2D eigenvalue weighted by molar-refractivity contribution is 0.0949. The number of hydrogen-bond donors (Lipinski definition) is 3. The Morgan fingerprint density at radius 1 is 1.14 bits per heavy atom. The lowest BCUT2D eigenvalue weighted by Gasteiger charge is -2.41. The first kappa shape index (κ1) is 24.7. The molecule has 2 aromatic heterocycles. The molecule has 5 rings (SSSR count). The van der Waals surface area contributed by atoms with Crippen molar-refractivity contribution in [1.82, 2.24) is 25.1 Å². The zero-order valence-corrected chi connectivity index (χ0v) is 21.4. The average molecular weight is 503 g/mol. The predicted molar refractivity (Wildman–Crippen MR) is 142 cm³/mol. The van der Waals surface area contributed by atoms with E-state index < -0.39 is 5.91 Å². The van der Waals surface area contributed by atoms with Gasteiger partial charge in [-0.1, -0.05) is 19.1 Å². The number of aryl methyl sites for hydroxylation is 1. The van der Waals surface area contributed by atoms with Gasteiger partial charge in [0.2, 0.25) is 0 Å². The van der Waals surface area contributed by atoms with Gasteiger partial charge in [-0.2, -0.15) is 5.10 Å². The second-order valence-corrected chi connectivity index (χ2v) is 10.1. The molecular formula is C27H34N8O2. The van der Waals surface area contributed by atoms with E-state index in [2.05, 4.69) is 44.7 Å². The van der Waals surface area contributed by atoms with E-state index in [1.165, 1.54) is 18.4 Å². The number of hydrogen-bond acceptors (Lipinski definition) is 7. The maximum atomic E-state index is 12.7. The van der Waals surface area contributed by atoms with Crippen molar-refractivity contribution in [2.45, 2.75) is 51.0 Å². The summed E-state index contributed by atoms with van der Waals surface area (Å²) in [6, 6.07) is 8.16. The molecule has 1 saturated heterocycles. The minimum absolute atomic E-state index is 0.0501. The van der Waals surface area contributed by atoms with Crippen LogP contribution in [0.1, 0.15) is 71.4 Å². The fourth-order valence-corrected chi connectivity index (χ4v) is 5.14. The Balaban J connectivity index is 1.28. The first-order chi connectivity index (χ1) is 17.9. The van der Waals surface area contributed by atoms with Gasteiger partial charge < -0.3 is 21.3 Å². The number of benzene rings is 1. The van der Waals surface area contributed by atoms with Crippen LogP contribution in [0.25, 0.3) is 0 Å². The van der Waals surface area contributed by atoms with Gasteiger partial charge >= 0.3 is 0 Å². The van der Waals surface area contributed by atoms with Crippen molar-refractivity contribution >= 4 is 29.1 Å². The van der Waals surface area contributed by atoms with Crippen molar-refractivity contribution in [2.75, 3.05) is 23.3 Å². The molecule has 0 radical (unpaired) electrons. The van der Waals surface area contributed by atoms with Gasteiger partial charge in [-0.25, -0.2) is 9.97 Å². The molecule has 37 heavy (non-hydrogen) atoms. The summed E-state index contributed by atoms with van der Waals surface area (Å²) in [6.07, 6.45) is 10.4. The summed E-state index contributed by atoms with van der Waals surface area (Å²) in [7, 11) is 1.81. The van der Waals surface area contributed by atoms with Gasteiger partial charge in [0, 0.05) is 37.9 Å². The molecule has 10 heteroatoms. The maximum absolute atomic E-state index is 12.7. The van der Waals surface area contributed by atoms with Crippen molar-refractivity contribution in [1.29, 1.82) is 0 Å². The van der Waals surface area contributed by atoms with E-state index in [1.807, 2.05) is 19.2 Å². The molecule has 1 aliphatic heterocycles. The van der Waals surface area contributed by atoms with E-state index in [0.717, 1.165) is 25.8 Å². The Labute approximate surface area is 216 Å². The molecule has 2 aliphatic rings. The minimum atomic E-state index is -0.651. The third kappa shape index (κ3) is 5.73. The standard InChI is InChI=1S/C27H34N8O2/c1-17-4-3-13-35(22(17)11-12-29-27(37)20-9-7-19(8-10-20)18-5-6-18)23-15-30-24(25(28)36)26(33-23)32-21-14-31-34(2)16-21/h7-10,14-18,22H,3-6,11-13H2,1-2H3,(H2,28,36)(H,29,37)(H,32,33)/t17-,22-/m0/s1. The summed E-state index contributed by atoms with van der Waals surface area (Å²) in [5, 5.41) is 10.4. The molecule has 0 unspecified atom stereocenters. The number of aromatic nitrogens is 4. The Morgan fingerprint density at radius 2 is 1.92 bits per heavy atom. The normalized spacial score (nSPS) is 19.5. The first-order valence-corrected chi connectivity index (χ1v) is 13.0. The average Bonchev–Trinajstić information content (AvgIpc) is 3.66. The van der Waals surface area contributed by atoms with Crippen LogP contribution in [0.4, 0.5) is 17.3 Å². The summed E-state index contributed by atoms with van der Waals surface area (Å²) in [6.45, 7) is 3.61. The van der Waals surface area contributed by atoms with Crippen LogP contribution < -0.4 is 21.3 Å². The topological polar surface area (TPSA) is 131 Å². The highest BCUT2D eigenvalue weighted by atomic mass is 16.2.